The van der Waals surface area contributed by atoms with Gasteiger partial charge in [-0.15, -0.1) is 10.2 Å². The quantitative estimate of drug-likeness (QED) is 0.816. The van der Waals surface area contributed by atoms with Crippen molar-refractivity contribution in [1.82, 2.24) is 14.8 Å². The van der Waals surface area contributed by atoms with Crippen LogP contribution in [0.1, 0.15) is 44.3 Å². The summed E-state index contributed by atoms with van der Waals surface area (Å²) in [7, 11) is 0. The molecule has 0 amide bonds. The molecule has 88 valence electrons. The lowest BCUT2D eigenvalue weighted by molar-refractivity contribution is 0.00562. The summed E-state index contributed by atoms with van der Waals surface area (Å²) in [6.07, 6.45) is 4.65. The van der Waals surface area contributed by atoms with Crippen LogP contribution in [0.25, 0.3) is 0 Å². The van der Waals surface area contributed by atoms with E-state index in [9.17, 15) is 0 Å². The molecule has 1 aliphatic carbocycles. The molecule has 0 bridgehead atoms. The van der Waals surface area contributed by atoms with Gasteiger partial charge in [-0.1, -0.05) is 0 Å². The highest BCUT2D eigenvalue weighted by Crippen LogP contribution is 2.40. The minimum absolute atomic E-state index is 0.0876. The van der Waals surface area contributed by atoms with E-state index < -0.39 is 0 Å². The normalized spacial score (nSPS) is 29.9. The molecule has 0 N–H and O–H groups in total. The van der Waals surface area contributed by atoms with Crippen molar-refractivity contribution in [2.45, 2.75) is 50.7 Å². The van der Waals surface area contributed by atoms with Gasteiger partial charge in [0, 0.05) is 12.5 Å². The van der Waals surface area contributed by atoms with E-state index in [1.54, 1.807) is 0 Å². The van der Waals surface area contributed by atoms with Crippen LogP contribution in [-0.2, 0) is 11.3 Å². The molecule has 0 spiro atoms. The number of hydrogen-bond acceptors (Lipinski definition) is 3. The van der Waals surface area contributed by atoms with Crippen molar-refractivity contribution in [3.05, 3.63) is 11.1 Å². The Bertz CT molecular complexity index is 394. The van der Waals surface area contributed by atoms with Crippen LogP contribution in [0, 0.1) is 0 Å². The average molecular weight is 242 g/mol. The minimum Gasteiger partial charge on any atom is -0.373 e. The van der Waals surface area contributed by atoms with Gasteiger partial charge in [0.1, 0.15) is 5.82 Å². The van der Waals surface area contributed by atoms with Crippen LogP contribution in [0.4, 0.5) is 0 Å². The highest BCUT2D eigenvalue weighted by atomic mass is 35.5. The molecule has 0 aromatic carbocycles. The number of hydrogen-bond donors (Lipinski definition) is 0. The SMILES string of the molecule is CC1(Cn2c(Cl)nnc2C2CC2)CCCO1. The van der Waals surface area contributed by atoms with E-state index in [1.165, 1.54) is 12.8 Å². The molecule has 1 saturated heterocycles. The summed E-state index contributed by atoms with van der Waals surface area (Å²) in [5.74, 6) is 1.62. The zero-order valence-electron chi connectivity index (χ0n) is 9.45. The number of ether oxygens (including phenoxy) is 1. The Kier molecular flexibility index (Phi) is 2.44. The first-order chi connectivity index (χ1) is 7.68. The maximum atomic E-state index is 6.09. The maximum Gasteiger partial charge on any atom is 0.225 e. The molecule has 1 aromatic rings. The van der Waals surface area contributed by atoms with Gasteiger partial charge in [0.2, 0.25) is 5.28 Å². The van der Waals surface area contributed by atoms with Crippen molar-refractivity contribution in [3.8, 4) is 0 Å². The van der Waals surface area contributed by atoms with Crippen LogP contribution in [0.15, 0.2) is 0 Å². The molecular weight excluding hydrogens is 226 g/mol. The van der Waals surface area contributed by atoms with E-state index >= 15 is 0 Å². The monoisotopic (exact) mass is 241 g/mol. The predicted octanol–water partition coefficient (Wildman–Crippen LogP) is 2.38. The third-order valence-electron chi connectivity index (χ3n) is 3.47. The molecule has 1 aliphatic heterocycles. The first-order valence-corrected chi connectivity index (χ1v) is 6.28. The number of rotatable bonds is 3. The Morgan fingerprint density at radius 1 is 1.50 bits per heavy atom. The molecule has 3 rings (SSSR count). The third-order valence-corrected chi connectivity index (χ3v) is 3.75. The molecular formula is C11H16ClN3O. The summed E-state index contributed by atoms with van der Waals surface area (Å²) in [5.41, 5.74) is -0.0876. The summed E-state index contributed by atoms with van der Waals surface area (Å²) >= 11 is 6.09. The summed E-state index contributed by atoms with van der Waals surface area (Å²) in [5, 5.41) is 8.65. The molecule has 16 heavy (non-hydrogen) atoms. The van der Waals surface area contributed by atoms with E-state index in [0.29, 0.717) is 11.2 Å². The summed E-state index contributed by atoms with van der Waals surface area (Å²) < 4.78 is 7.82. The van der Waals surface area contributed by atoms with E-state index in [1.807, 2.05) is 4.57 Å². The van der Waals surface area contributed by atoms with Crippen molar-refractivity contribution in [2.24, 2.45) is 0 Å². The second kappa shape index (κ2) is 3.70. The second-order valence-corrected chi connectivity index (χ2v) is 5.43. The van der Waals surface area contributed by atoms with E-state index in [4.69, 9.17) is 16.3 Å². The lowest BCUT2D eigenvalue weighted by Gasteiger charge is -2.24. The number of nitrogens with zero attached hydrogens (tertiary/aromatic N) is 3. The molecule has 4 nitrogen and oxygen atoms in total. The molecule has 5 heteroatoms. The van der Waals surface area contributed by atoms with Crippen LogP contribution in [-0.4, -0.2) is 27.0 Å². The van der Waals surface area contributed by atoms with Crippen LogP contribution in [0.2, 0.25) is 5.28 Å². The molecule has 0 radical (unpaired) electrons. The molecule has 2 aliphatic rings. The Labute approximate surface area is 99.9 Å². The largest absolute Gasteiger partial charge is 0.373 e. The fourth-order valence-corrected chi connectivity index (χ4v) is 2.56. The zero-order chi connectivity index (χ0) is 11.2. The first-order valence-electron chi connectivity index (χ1n) is 5.90. The van der Waals surface area contributed by atoms with Crippen LogP contribution < -0.4 is 0 Å². The van der Waals surface area contributed by atoms with Crippen LogP contribution in [0.5, 0.6) is 0 Å². The van der Waals surface area contributed by atoms with Crippen LogP contribution >= 0.6 is 11.6 Å². The average Bonchev–Trinajstić information content (AvgIpc) is 2.92. The van der Waals surface area contributed by atoms with Gasteiger partial charge in [0.05, 0.1) is 12.1 Å². The Balaban J connectivity index is 1.84. The number of halogens is 1. The molecule has 1 atom stereocenters. The van der Waals surface area contributed by atoms with Gasteiger partial charge in [-0.25, -0.2) is 0 Å². The first kappa shape index (κ1) is 10.5. The van der Waals surface area contributed by atoms with Gasteiger partial charge < -0.3 is 4.74 Å². The summed E-state index contributed by atoms with van der Waals surface area (Å²) in [6.45, 7) is 3.78. The van der Waals surface area contributed by atoms with Crippen LogP contribution in [0.3, 0.4) is 0 Å². The second-order valence-electron chi connectivity index (χ2n) is 5.09. The Morgan fingerprint density at radius 3 is 2.94 bits per heavy atom. The highest BCUT2D eigenvalue weighted by molar-refractivity contribution is 6.28. The fourth-order valence-electron chi connectivity index (χ4n) is 2.38. The van der Waals surface area contributed by atoms with Gasteiger partial charge in [-0.05, 0) is 44.2 Å². The molecule has 1 aromatic heterocycles. The summed E-state index contributed by atoms with van der Waals surface area (Å²) in [6, 6.07) is 0. The smallest absolute Gasteiger partial charge is 0.225 e. The van der Waals surface area contributed by atoms with Crippen molar-refractivity contribution in [1.29, 1.82) is 0 Å². The Hall–Kier alpha value is -0.610. The molecule has 2 fully saturated rings. The van der Waals surface area contributed by atoms with Crippen molar-refractivity contribution in [3.63, 3.8) is 0 Å². The molecule has 1 saturated carbocycles. The van der Waals surface area contributed by atoms with E-state index in [0.717, 1.165) is 31.8 Å². The molecule has 1 unspecified atom stereocenters. The summed E-state index contributed by atoms with van der Waals surface area (Å²) in [4.78, 5) is 0. The van der Waals surface area contributed by atoms with E-state index in [2.05, 4.69) is 17.1 Å². The lowest BCUT2D eigenvalue weighted by atomic mass is 10.0. The third kappa shape index (κ3) is 1.84. The fraction of sp³-hybridized carbons (Fsp3) is 0.818. The lowest BCUT2D eigenvalue weighted by Crippen LogP contribution is -2.30. The van der Waals surface area contributed by atoms with Crippen molar-refractivity contribution >= 4 is 11.6 Å². The predicted molar refractivity (Wildman–Crippen MR) is 60.6 cm³/mol. The van der Waals surface area contributed by atoms with Gasteiger partial charge in [0.25, 0.3) is 0 Å². The molecule has 2 heterocycles. The maximum absolute atomic E-state index is 6.09. The number of aromatic nitrogens is 3. The standard InChI is InChI=1S/C11H16ClN3O/c1-11(5-2-6-16-11)7-15-9(8-3-4-8)13-14-10(15)12/h8H,2-7H2,1H3. The van der Waals surface area contributed by atoms with Crippen molar-refractivity contribution in [2.75, 3.05) is 6.61 Å². The van der Waals surface area contributed by atoms with Gasteiger partial charge in [0.15, 0.2) is 0 Å². The highest BCUT2D eigenvalue weighted by Gasteiger charge is 2.35. The zero-order valence-corrected chi connectivity index (χ0v) is 10.2. The van der Waals surface area contributed by atoms with Crippen molar-refractivity contribution < 1.29 is 4.74 Å². The van der Waals surface area contributed by atoms with Gasteiger partial charge >= 0.3 is 0 Å². The van der Waals surface area contributed by atoms with Gasteiger partial charge in [-0.2, -0.15) is 0 Å². The van der Waals surface area contributed by atoms with E-state index in [-0.39, 0.29) is 5.60 Å². The van der Waals surface area contributed by atoms with Gasteiger partial charge in [-0.3, -0.25) is 4.57 Å². The topological polar surface area (TPSA) is 39.9 Å². The Morgan fingerprint density at radius 2 is 2.31 bits per heavy atom. The minimum atomic E-state index is -0.0876.